The maximum absolute atomic E-state index is 13.3. The quantitative estimate of drug-likeness (QED) is 0.512. The maximum atomic E-state index is 13.3. The van der Waals surface area contributed by atoms with E-state index in [-0.39, 0.29) is 5.91 Å². The first-order valence-electron chi connectivity index (χ1n) is 9.90. The molecule has 0 bridgehead atoms. The maximum Gasteiger partial charge on any atom is 0.256 e. The summed E-state index contributed by atoms with van der Waals surface area (Å²) in [6.45, 7) is 6.74. The first-order valence-corrected chi connectivity index (χ1v) is 9.90. The van der Waals surface area contributed by atoms with Gasteiger partial charge in [-0.1, -0.05) is 24.3 Å². The van der Waals surface area contributed by atoms with Gasteiger partial charge in [0.2, 0.25) is 0 Å². The minimum Gasteiger partial charge on any atom is -0.495 e. The zero-order chi connectivity index (χ0) is 21.3. The minimum absolute atomic E-state index is 0.209. The first-order chi connectivity index (χ1) is 14.5. The summed E-state index contributed by atoms with van der Waals surface area (Å²) in [5.41, 5.74) is 5.53. The summed E-state index contributed by atoms with van der Waals surface area (Å²) in [4.78, 5) is 18.1. The van der Waals surface area contributed by atoms with Crippen LogP contribution in [0.15, 0.2) is 54.7 Å². The number of carbonyl (C=O) groups excluding carboxylic acids is 1. The molecule has 1 amide bonds. The molecule has 2 aromatic heterocycles. The van der Waals surface area contributed by atoms with Crippen molar-refractivity contribution in [1.82, 2.24) is 14.8 Å². The van der Waals surface area contributed by atoms with Gasteiger partial charge in [-0.3, -0.25) is 9.48 Å². The van der Waals surface area contributed by atoms with Gasteiger partial charge in [-0.25, -0.2) is 4.98 Å². The molecular weight excluding hydrogens is 376 g/mol. The van der Waals surface area contributed by atoms with Crippen LogP contribution in [0.2, 0.25) is 0 Å². The molecule has 2 aromatic carbocycles. The molecular formula is C24H24N4O2. The van der Waals surface area contributed by atoms with Gasteiger partial charge >= 0.3 is 0 Å². The molecule has 0 unspecified atom stereocenters. The zero-order valence-corrected chi connectivity index (χ0v) is 17.6. The number of aryl methyl sites for hydroxylation is 3. The number of ether oxygens (including phenoxy) is 1. The van der Waals surface area contributed by atoms with Crippen LogP contribution < -0.4 is 10.1 Å². The number of aromatic nitrogens is 3. The molecule has 0 aliphatic rings. The number of nitrogens with zero attached hydrogens (tertiary/aromatic N) is 3. The van der Waals surface area contributed by atoms with Gasteiger partial charge in [-0.05, 0) is 50.6 Å². The average molecular weight is 400 g/mol. The van der Waals surface area contributed by atoms with Crippen molar-refractivity contribution in [1.29, 1.82) is 0 Å². The number of fused-ring (bicyclic) bond motifs is 1. The Morgan fingerprint density at radius 1 is 1.13 bits per heavy atom. The van der Waals surface area contributed by atoms with E-state index in [9.17, 15) is 4.79 Å². The summed E-state index contributed by atoms with van der Waals surface area (Å²) in [7, 11) is 1.59. The molecule has 152 valence electrons. The van der Waals surface area contributed by atoms with Gasteiger partial charge in [0.15, 0.2) is 0 Å². The molecule has 0 aliphatic carbocycles. The van der Waals surface area contributed by atoms with Crippen molar-refractivity contribution in [2.24, 2.45) is 0 Å². The Hall–Kier alpha value is -3.67. The fourth-order valence-electron chi connectivity index (χ4n) is 3.54. The van der Waals surface area contributed by atoms with Gasteiger partial charge in [0.05, 0.1) is 35.3 Å². The summed E-state index contributed by atoms with van der Waals surface area (Å²) in [5.74, 6) is 0.409. The van der Waals surface area contributed by atoms with Crippen molar-refractivity contribution >= 4 is 22.5 Å². The fraction of sp³-hybridized carbons (Fsp3) is 0.208. The number of nitrogens with one attached hydrogen (secondary N) is 1. The van der Waals surface area contributed by atoms with Crippen LogP contribution in [-0.2, 0) is 6.54 Å². The lowest BCUT2D eigenvalue weighted by Gasteiger charge is -2.13. The van der Waals surface area contributed by atoms with Crippen molar-refractivity contribution in [3.8, 4) is 17.0 Å². The van der Waals surface area contributed by atoms with E-state index in [4.69, 9.17) is 9.72 Å². The number of hydrogen-bond acceptors (Lipinski definition) is 4. The second kappa shape index (κ2) is 7.99. The second-order valence-corrected chi connectivity index (χ2v) is 7.21. The number of pyridine rings is 1. The van der Waals surface area contributed by atoms with Crippen LogP contribution in [0.3, 0.4) is 0 Å². The summed E-state index contributed by atoms with van der Waals surface area (Å²) in [6, 6.07) is 15.2. The number of benzene rings is 2. The van der Waals surface area contributed by atoms with Crippen LogP contribution in [0.25, 0.3) is 22.2 Å². The molecule has 0 aliphatic heterocycles. The third-order valence-electron chi connectivity index (χ3n) is 5.11. The predicted molar refractivity (Wildman–Crippen MR) is 119 cm³/mol. The van der Waals surface area contributed by atoms with Gasteiger partial charge in [0.25, 0.3) is 5.91 Å². The van der Waals surface area contributed by atoms with Crippen molar-refractivity contribution in [2.45, 2.75) is 27.3 Å². The summed E-state index contributed by atoms with van der Waals surface area (Å²) in [5, 5.41) is 8.32. The highest BCUT2D eigenvalue weighted by atomic mass is 16.5. The number of amides is 1. The smallest absolute Gasteiger partial charge is 0.256 e. The first kappa shape index (κ1) is 19.6. The summed E-state index contributed by atoms with van der Waals surface area (Å²) < 4.78 is 7.28. The second-order valence-electron chi connectivity index (χ2n) is 7.21. The average Bonchev–Trinajstić information content (AvgIpc) is 3.14. The van der Waals surface area contributed by atoms with E-state index in [1.54, 1.807) is 7.11 Å². The molecule has 0 spiro atoms. The predicted octanol–water partition coefficient (Wildman–Crippen LogP) is 5.00. The molecule has 0 saturated heterocycles. The van der Waals surface area contributed by atoms with E-state index in [1.807, 2.05) is 80.2 Å². The van der Waals surface area contributed by atoms with E-state index in [1.165, 1.54) is 0 Å². The standard InChI is InChI=1S/C24H24N4O2/c1-5-28-14-19(16(3)27-28)21-13-18(17-8-6-7-9-20(17)25-21)24(29)26-22-12-15(2)10-11-23(22)30-4/h6-14H,5H2,1-4H3,(H,26,29). The van der Waals surface area contributed by atoms with Crippen molar-refractivity contribution in [2.75, 3.05) is 12.4 Å². The van der Waals surface area contributed by atoms with E-state index < -0.39 is 0 Å². The largest absolute Gasteiger partial charge is 0.495 e. The van der Waals surface area contributed by atoms with E-state index in [0.29, 0.717) is 17.0 Å². The molecule has 4 rings (SSSR count). The Balaban J connectivity index is 1.82. The number of carbonyl (C=O) groups is 1. The monoisotopic (exact) mass is 400 g/mol. The minimum atomic E-state index is -0.209. The summed E-state index contributed by atoms with van der Waals surface area (Å²) in [6.07, 6.45) is 1.97. The van der Waals surface area contributed by atoms with Gasteiger partial charge in [-0.15, -0.1) is 0 Å². The molecule has 0 saturated carbocycles. The van der Waals surface area contributed by atoms with Gasteiger partial charge < -0.3 is 10.1 Å². The molecule has 6 nitrogen and oxygen atoms in total. The van der Waals surface area contributed by atoms with Crippen LogP contribution >= 0.6 is 0 Å². The SMILES string of the molecule is CCn1cc(-c2cc(C(=O)Nc3cc(C)ccc3OC)c3ccccc3n2)c(C)n1. The van der Waals surface area contributed by atoms with E-state index >= 15 is 0 Å². The lowest BCUT2D eigenvalue weighted by atomic mass is 10.0. The van der Waals surface area contributed by atoms with E-state index in [2.05, 4.69) is 10.4 Å². The summed E-state index contributed by atoms with van der Waals surface area (Å²) >= 11 is 0. The normalized spacial score (nSPS) is 10.9. The highest BCUT2D eigenvalue weighted by Gasteiger charge is 2.17. The van der Waals surface area contributed by atoms with Gasteiger partial charge in [0, 0.05) is 23.7 Å². The van der Waals surface area contributed by atoms with Gasteiger partial charge in [0.1, 0.15) is 5.75 Å². The highest BCUT2D eigenvalue weighted by Crippen LogP contribution is 2.29. The number of methoxy groups -OCH3 is 1. The Kier molecular flexibility index (Phi) is 5.23. The molecule has 0 radical (unpaired) electrons. The molecule has 0 fully saturated rings. The van der Waals surface area contributed by atoms with Crippen LogP contribution in [0.5, 0.6) is 5.75 Å². The van der Waals surface area contributed by atoms with E-state index in [0.717, 1.165) is 40.0 Å². The third kappa shape index (κ3) is 3.64. The van der Waals surface area contributed by atoms with Crippen molar-refractivity contribution < 1.29 is 9.53 Å². The van der Waals surface area contributed by atoms with Crippen LogP contribution in [0, 0.1) is 13.8 Å². The number of rotatable bonds is 5. The van der Waals surface area contributed by atoms with Gasteiger partial charge in [-0.2, -0.15) is 5.10 Å². The highest BCUT2D eigenvalue weighted by molar-refractivity contribution is 6.13. The van der Waals surface area contributed by atoms with Crippen LogP contribution in [0.4, 0.5) is 5.69 Å². The van der Waals surface area contributed by atoms with Crippen molar-refractivity contribution in [3.63, 3.8) is 0 Å². The Bertz CT molecular complexity index is 1240. The number of hydrogen-bond donors (Lipinski definition) is 1. The zero-order valence-electron chi connectivity index (χ0n) is 17.6. The number of anilines is 1. The fourth-order valence-corrected chi connectivity index (χ4v) is 3.54. The number of para-hydroxylation sites is 1. The molecule has 4 aromatic rings. The molecule has 0 atom stereocenters. The Morgan fingerprint density at radius 2 is 1.93 bits per heavy atom. The molecule has 30 heavy (non-hydrogen) atoms. The Morgan fingerprint density at radius 3 is 2.67 bits per heavy atom. The molecule has 6 heteroatoms. The Labute approximate surface area is 175 Å². The molecule has 2 heterocycles. The topological polar surface area (TPSA) is 69.0 Å². The van der Waals surface area contributed by atoms with Crippen LogP contribution in [-0.4, -0.2) is 27.8 Å². The molecule has 1 N–H and O–H groups in total. The van der Waals surface area contributed by atoms with Crippen LogP contribution in [0.1, 0.15) is 28.5 Å². The van der Waals surface area contributed by atoms with Crippen molar-refractivity contribution in [3.05, 3.63) is 71.5 Å². The lowest BCUT2D eigenvalue weighted by molar-refractivity contribution is 0.102. The lowest BCUT2D eigenvalue weighted by Crippen LogP contribution is -2.14. The third-order valence-corrected chi connectivity index (χ3v) is 5.11.